The fourth-order valence-corrected chi connectivity index (χ4v) is 3.45. The third-order valence-electron chi connectivity index (χ3n) is 2.73. The van der Waals surface area contributed by atoms with Crippen LogP contribution in [-0.2, 0) is 13.6 Å². The van der Waals surface area contributed by atoms with Gasteiger partial charge in [0.1, 0.15) is 0 Å². The van der Waals surface area contributed by atoms with E-state index in [0.717, 1.165) is 6.42 Å². The molecule has 11 heavy (non-hydrogen) atoms. The first-order valence-electron chi connectivity index (χ1n) is 3.72. The number of rotatable bonds is 3. The van der Waals surface area contributed by atoms with Gasteiger partial charge in [0.15, 0.2) is 0 Å². The second kappa shape index (κ2) is 2.58. The molecule has 0 saturated heterocycles. The maximum atomic E-state index is 11.8. The molecule has 0 aromatic heterocycles. The molecule has 1 saturated carbocycles. The van der Waals surface area contributed by atoms with Gasteiger partial charge in [-0.2, -0.15) is 0 Å². The molecule has 0 amide bonds. The van der Waals surface area contributed by atoms with E-state index >= 15 is 0 Å². The molecule has 4 heteroatoms. The van der Waals surface area contributed by atoms with E-state index < -0.39 is 7.60 Å². The Morgan fingerprint density at radius 1 is 1.45 bits per heavy atom. The molecule has 3 nitrogen and oxygen atoms in total. The van der Waals surface area contributed by atoms with Crippen LogP contribution < -0.4 is 0 Å². The summed E-state index contributed by atoms with van der Waals surface area (Å²) in [6.45, 7) is 4.01. The van der Waals surface area contributed by atoms with Crippen LogP contribution >= 0.6 is 7.60 Å². The van der Waals surface area contributed by atoms with E-state index in [4.69, 9.17) is 9.05 Å². The summed E-state index contributed by atoms with van der Waals surface area (Å²) in [6, 6.07) is 0. The summed E-state index contributed by atoms with van der Waals surface area (Å²) in [7, 11) is 0.0800. The Kier molecular flexibility index (Phi) is 2.17. The van der Waals surface area contributed by atoms with E-state index in [9.17, 15) is 4.57 Å². The van der Waals surface area contributed by atoms with Crippen molar-refractivity contribution in [3.05, 3.63) is 0 Å². The second-order valence-electron chi connectivity index (χ2n) is 3.32. The summed E-state index contributed by atoms with van der Waals surface area (Å²) in [4.78, 5) is 0. The first-order valence-corrected chi connectivity index (χ1v) is 5.26. The lowest BCUT2D eigenvalue weighted by Gasteiger charge is -2.20. The zero-order chi connectivity index (χ0) is 8.70. The fourth-order valence-electron chi connectivity index (χ4n) is 1.43. The topological polar surface area (TPSA) is 35.5 Å². The van der Waals surface area contributed by atoms with Crippen molar-refractivity contribution in [3.8, 4) is 0 Å². The molecule has 1 fully saturated rings. The van der Waals surface area contributed by atoms with Gasteiger partial charge < -0.3 is 9.05 Å². The zero-order valence-corrected chi connectivity index (χ0v) is 8.35. The molecule has 0 radical (unpaired) electrons. The van der Waals surface area contributed by atoms with E-state index in [1.165, 1.54) is 14.2 Å². The van der Waals surface area contributed by atoms with Gasteiger partial charge in [-0.25, -0.2) is 0 Å². The van der Waals surface area contributed by atoms with Crippen molar-refractivity contribution in [2.24, 2.45) is 5.92 Å². The molecular weight excluding hydrogens is 163 g/mol. The van der Waals surface area contributed by atoms with Gasteiger partial charge in [-0.3, -0.25) is 4.57 Å². The molecule has 2 atom stereocenters. The average molecular weight is 178 g/mol. The van der Waals surface area contributed by atoms with Crippen molar-refractivity contribution in [1.29, 1.82) is 0 Å². The van der Waals surface area contributed by atoms with Crippen molar-refractivity contribution in [3.63, 3.8) is 0 Å². The fraction of sp³-hybridized carbons (Fsp3) is 1.00. The molecule has 0 heterocycles. The van der Waals surface area contributed by atoms with Crippen LogP contribution in [0.1, 0.15) is 20.3 Å². The minimum absolute atomic E-state index is 0.226. The van der Waals surface area contributed by atoms with Crippen LogP contribution in [0.5, 0.6) is 0 Å². The van der Waals surface area contributed by atoms with E-state index in [2.05, 4.69) is 6.92 Å². The molecule has 66 valence electrons. The van der Waals surface area contributed by atoms with E-state index in [-0.39, 0.29) is 5.16 Å². The van der Waals surface area contributed by atoms with Crippen molar-refractivity contribution < 1.29 is 13.6 Å². The average Bonchev–Trinajstić information content (AvgIpc) is 2.60. The molecule has 0 spiro atoms. The Balaban J connectivity index is 2.80. The van der Waals surface area contributed by atoms with Crippen LogP contribution in [-0.4, -0.2) is 19.4 Å². The standard InChI is InChI=1S/C7H15O3P/c1-6-5-7(6,2)11(8,9-3)10-4/h6H,5H2,1-4H3/t6-,7-/m1/s1. The van der Waals surface area contributed by atoms with Crippen LogP contribution in [0.4, 0.5) is 0 Å². The highest BCUT2D eigenvalue weighted by Crippen LogP contribution is 2.72. The van der Waals surface area contributed by atoms with Crippen molar-refractivity contribution in [2.75, 3.05) is 14.2 Å². The minimum Gasteiger partial charge on any atom is -0.312 e. The van der Waals surface area contributed by atoms with Crippen molar-refractivity contribution >= 4 is 7.60 Å². The quantitative estimate of drug-likeness (QED) is 0.622. The Hall–Kier alpha value is 0.150. The third kappa shape index (κ3) is 1.16. The summed E-state index contributed by atoms with van der Waals surface area (Å²) in [5.41, 5.74) is 0. The molecule has 0 aromatic carbocycles. The van der Waals surface area contributed by atoms with E-state index in [1.807, 2.05) is 6.92 Å². The van der Waals surface area contributed by atoms with Gasteiger partial charge in [0.25, 0.3) is 0 Å². The Bertz CT molecular complexity index is 196. The number of hydrogen-bond acceptors (Lipinski definition) is 3. The SMILES string of the molecule is COP(=O)(OC)[C@]1(C)C[C@H]1C. The monoisotopic (exact) mass is 178 g/mol. The van der Waals surface area contributed by atoms with E-state index in [1.54, 1.807) is 0 Å². The molecule has 0 N–H and O–H groups in total. The van der Waals surface area contributed by atoms with Gasteiger partial charge in [0, 0.05) is 14.2 Å². The first-order chi connectivity index (χ1) is 5.00. The summed E-state index contributed by atoms with van der Waals surface area (Å²) < 4.78 is 21.6. The summed E-state index contributed by atoms with van der Waals surface area (Å²) in [6.07, 6.45) is 0.936. The van der Waals surface area contributed by atoms with Crippen LogP contribution in [0.15, 0.2) is 0 Å². The molecule has 1 aliphatic carbocycles. The van der Waals surface area contributed by atoms with Gasteiger partial charge in [-0.15, -0.1) is 0 Å². The maximum Gasteiger partial charge on any atom is 0.336 e. The molecular formula is C7H15O3P. The predicted molar refractivity (Wildman–Crippen MR) is 43.8 cm³/mol. The predicted octanol–water partition coefficient (Wildman–Crippen LogP) is 2.27. The summed E-state index contributed by atoms with van der Waals surface area (Å²) in [5.74, 6) is 0.452. The molecule has 1 rings (SSSR count). The Labute approximate surface area is 67.6 Å². The Morgan fingerprint density at radius 2 is 1.82 bits per heavy atom. The van der Waals surface area contributed by atoms with Gasteiger partial charge >= 0.3 is 7.60 Å². The first kappa shape index (κ1) is 9.24. The minimum atomic E-state index is -2.81. The highest BCUT2D eigenvalue weighted by atomic mass is 31.2. The van der Waals surface area contributed by atoms with Crippen molar-refractivity contribution in [2.45, 2.75) is 25.4 Å². The zero-order valence-electron chi connectivity index (χ0n) is 7.46. The van der Waals surface area contributed by atoms with E-state index in [0.29, 0.717) is 5.92 Å². The molecule has 0 unspecified atom stereocenters. The van der Waals surface area contributed by atoms with Crippen LogP contribution in [0.3, 0.4) is 0 Å². The van der Waals surface area contributed by atoms with Gasteiger partial charge in [0.05, 0.1) is 5.16 Å². The largest absolute Gasteiger partial charge is 0.336 e. The van der Waals surface area contributed by atoms with Crippen LogP contribution in [0.2, 0.25) is 0 Å². The normalized spacial score (nSPS) is 37.3. The van der Waals surface area contributed by atoms with Crippen LogP contribution in [0.25, 0.3) is 0 Å². The Morgan fingerprint density at radius 3 is 1.91 bits per heavy atom. The second-order valence-corrected chi connectivity index (χ2v) is 6.07. The smallest absolute Gasteiger partial charge is 0.312 e. The lowest BCUT2D eigenvalue weighted by atomic mass is 10.4. The third-order valence-corrected chi connectivity index (χ3v) is 5.56. The summed E-state index contributed by atoms with van der Waals surface area (Å²) >= 11 is 0. The van der Waals surface area contributed by atoms with Gasteiger partial charge in [-0.05, 0) is 19.3 Å². The molecule has 0 aromatic rings. The number of hydrogen-bond donors (Lipinski definition) is 0. The highest BCUT2D eigenvalue weighted by molar-refractivity contribution is 7.56. The van der Waals surface area contributed by atoms with Crippen LogP contribution in [0, 0.1) is 5.92 Å². The van der Waals surface area contributed by atoms with Crippen molar-refractivity contribution in [1.82, 2.24) is 0 Å². The highest BCUT2D eigenvalue weighted by Gasteiger charge is 2.61. The lowest BCUT2D eigenvalue weighted by molar-refractivity contribution is 0.262. The van der Waals surface area contributed by atoms with Gasteiger partial charge in [-0.1, -0.05) is 6.92 Å². The summed E-state index contributed by atoms with van der Waals surface area (Å²) in [5, 5.41) is -0.226. The molecule has 0 aliphatic heterocycles. The molecule has 0 bridgehead atoms. The van der Waals surface area contributed by atoms with Gasteiger partial charge in [0.2, 0.25) is 0 Å². The maximum absolute atomic E-state index is 11.8. The lowest BCUT2D eigenvalue weighted by Crippen LogP contribution is -2.09. The molecule has 1 aliphatic rings.